The molecule has 0 spiro atoms. The van der Waals surface area contributed by atoms with Gasteiger partial charge in [-0.2, -0.15) is 0 Å². The molecule has 0 aliphatic heterocycles. The van der Waals surface area contributed by atoms with E-state index in [1.165, 1.54) is 22.4 Å². The highest BCUT2D eigenvalue weighted by Gasteiger charge is 2.39. The molecule has 0 saturated heterocycles. The van der Waals surface area contributed by atoms with Gasteiger partial charge in [-0.05, 0) is 30.0 Å². The third kappa shape index (κ3) is 1.57. The molecule has 0 fully saturated rings. The number of rotatable bonds is 1. The van der Waals surface area contributed by atoms with Crippen molar-refractivity contribution in [2.75, 3.05) is 5.73 Å². The van der Waals surface area contributed by atoms with Gasteiger partial charge in [-0.15, -0.1) is 11.3 Å². The van der Waals surface area contributed by atoms with Crippen molar-refractivity contribution in [1.29, 1.82) is 0 Å². The van der Waals surface area contributed by atoms with E-state index in [4.69, 9.17) is 5.73 Å². The van der Waals surface area contributed by atoms with Crippen LogP contribution in [0, 0.1) is 0 Å². The van der Waals surface area contributed by atoms with E-state index in [9.17, 15) is 0 Å². The molecule has 2 aromatic heterocycles. The molecule has 18 heavy (non-hydrogen) atoms. The van der Waals surface area contributed by atoms with E-state index in [2.05, 4.69) is 31.8 Å². The summed E-state index contributed by atoms with van der Waals surface area (Å²) in [5.41, 5.74) is 10.1. The number of hydrogen-bond acceptors (Lipinski definition) is 3. The normalized spacial score (nSPS) is 20.9. The van der Waals surface area contributed by atoms with E-state index in [1.54, 1.807) is 11.3 Å². The van der Waals surface area contributed by atoms with Crippen LogP contribution in [0.25, 0.3) is 11.3 Å². The van der Waals surface area contributed by atoms with Crippen LogP contribution >= 0.6 is 11.3 Å². The molecule has 1 unspecified atom stereocenters. The monoisotopic (exact) mass is 258 g/mol. The average molecular weight is 258 g/mol. The van der Waals surface area contributed by atoms with Gasteiger partial charge in [-0.1, -0.05) is 26.8 Å². The Hall–Kier alpha value is -1.35. The first kappa shape index (κ1) is 11.7. The second-order valence-electron chi connectivity index (χ2n) is 5.79. The average Bonchev–Trinajstić information content (AvgIpc) is 2.77. The molecule has 0 aromatic carbocycles. The quantitative estimate of drug-likeness (QED) is 0.833. The minimum Gasteiger partial charge on any atom is -0.390 e. The van der Waals surface area contributed by atoms with Gasteiger partial charge in [-0.3, -0.25) is 4.98 Å². The highest BCUT2D eigenvalue weighted by molar-refractivity contribution is 7.17. The summed E-state index contributed by atoms with van der Waals surface area (Å²) in [4.78, 5) is 5.92. The number of fused-ring (bicyclic) bond motifs is 1. The lowest BCUT2D eigenvalue weighted by Crippen LogP contribution is -2.10. The van der Waals surface area contributed by atoms with Gasteiger partial charge in [0.25, 0.3) is 0 Å². The zero-order valence-corrected chi connectivity index (χ0v) is 11.8. The van der Waals surface area contributed by atoms with Gasteiger partial charge in [-0.25, -0.2) is 0 Å². The van der Waals surface area contributed by atoms with Crippen molar-refractivity contribution in [2.45, 2.75) is 38.5 Å². The lowest BCUT2D eigenvalue weighted by molar-refractivity contribution is 0.495. The number of thiophene rings is 1. The minimum absolute atomic E-state index is 0.251. The molecule has 1 aliphatic carbocycles. The Morgan fingerprint density at radius 1 is 1.39 bits per heavy atom. The number of nitrogens with zero attached hydrogens (tertiary/aromatic N) is 1. The first-order chi connectivity index (χ1) is 8.50. The number of nitrogens with two attached hydrogens (primary N) is 1. The predicted molar refractivity (Wildman–Crippen MR) is 78.0 cm³/mol. The number of anilines is 1. The Kier molecular flexibility index (Phi) is 2.49. The maximum absolute atomic E-state index is 6.25. The summed E-state index contributed by atoms with van der Waals surface area (Å²) < 4.78 is 0. The fraction of sp³-hybridized carbons (Fsp3) is 0.400. The summed E-state index contributed by atoms with van der Waals surface area (Å²) in [7, 11) is 0. The molecule has 3 heteroatoms. The minimum atomic E-state index is 0.251. The van der Waals surface area contributed by atoms with Crippen molar-refractivity contribution in [3.8, 4) is 11.3 Å². The second kappa shape index (κ2) is 3.82. The second-order valence-corrected chi connectivity index (χ2v) is 6.84. The van der Waals surface area contributed by atoms with E-state index >= 15 is 0 Å². The summed E-state index contributed by atoms with van der Waals surface area (Å²) in [6.07, 6.45) is 3.04. The van der Waals surface area contributed by atoms with E-state index in [0.717, 1.165) is 10.7 Å². The first-order valence-corrected chi connectivity index (χ1v) is 7.16. The molecule has 2 aromatic rings. The summed E-state index contributed by atoms with van der Waals surface area (Å²) in [6, 6.07) is 6.02. The Morgan fingerprint density at radius 2 is 2.17 bits per heavy atom. The largest absolute Gasteiger partial charge is 0.390 e. The van der Waals surface area contributed by atoms with Crippen molar-refractivity contribution < 1.29 is 0 Å². The van der Waals surface area contributed by atoms with Gasteiger partial charge >= 0.3 is 0 Å². The standard InChI is InChI=1S/C15H18N2S/c1-9-8-15(2,3)13-11(9)12(14(16)18-13)10-6-4-5-7-17-10/h4-7,9H,8,16H2,1-3H3. The van der Waals surface area contributed by atoms with Crippen LogP contribution in [0.4, 0.5) is 5.00 Å². The van der Waals surface area contributed by atoms with Crippen LogP contribution < -0.4 is 5.73 Å². The van der Waals surface area contributed by atoms with Crippen molar-refractivity contribution in [2.24, 2.45) is 0 Å². The van der Waals surface area contributed by atoms with Gasteiger partial charge in [0.05, 0.1) is 10.7 Å². The van der Waals surface area contributed by atoms with Gasteiger partial charge in [0.1, 0.15) is 0 Å². The summed E-state index contributed by atoms with van der Waals surface area (Å²) >= 11 is 1.75. The van der Waals surface area contributed by atoms with Crippen LogP contribution in [-0.4, -0.2) is 4.98 Å². The molecule has 3 rings (SSSR count). The van der Waals surface area contributed by atoms with Crippen molar-refractivity contribution in [3.05, 3.63) is 34.8 Å². The topological polar surface area (TPSA) is 38.9 Å². The number of nitrogen functional groups attached to an aromatic ring is 1. The highest BCUT2D eigenvalue weighted by atomic mass is 32.1. The third-order valence-electron chi connectivity index (χ3n) is 3.82. The van der Waals surface area contributed by atoms with E-state index in [-0.39, 0.29) is 5.41 Å². The van der Waals surface area contributed by atoms with Gasteiger partial charge in [0.15, 0.2) is 0 Å². The zero-order valence-electron chi connectivity index (χ0n) is 11.0. The molecule has 0 bridgehead atoms. The van der Waals surface area contributed by atoms with Crippen molar-refractivity contribution in [3.63, 3.8) is 0 Å². The van der Waals surface area contributed by atoms with E-state index in [1.807, 2.05) is 18.3 Å². The maximum Gasteiger partial charge on any atom is 0.0957 e. The number of hydrogen-bond donors (Lipinski definition) is 1. The van der Waals surface area contributed by atoms with Crippen LogP contribution in [0.1, 0.15) is 43.6 Å². The molecule has 1 aliphatic rings. The molecule has 0 radical (unpaired) electrons. The predicted octanol–water partition coefficient (Wildman–Crippen LogP) is 4.18. The van der Waals surface area contributed by atoms with Crippen LogP contribution in [0.3, 0.4) is 0 Å². The fourth-order valence-corrected chi connectivity index (χ4v) is 4.48. The lowest BCUT2D eigenvalue weighted by Gasteiger charge is -2.17. The molecule has 94 valence electrons. The zero-order chi connectivity index (χ0) is 12.9. The summed E-state index contributed by atoms with van der Waals surface area (Å²) in [5.74, 6) is 0.570. The van der Waals surface area contributed by atoms with Crippen LogP contribution in [0.5, 0.6) is 0 Å². The number of aromatic nitrogens is 1. The Morgan fingerprint density at radius 3 is 2.83 bits per heavy atom. The van der Waals surface area contributed by atoms with Crippen molar-refractivity contribution >= 4 is 16.3 Å². The Balaban J connectivity index is 2.25. The Bertz CT molecular complexity index is 584. The SMILES string of the molecule is CC1CC(C)(C)c2sc(N)c(-c3ccccn3)c21. The smallest absolute Gasteiger partial charge is 0.0957 e. The molecular weight excluding hydrogens is 240 g/mol. The molecule has 1 atom stereocenters. The molecule has 2 nitrogen and oxygen atoms in total. The third-order valence-corrected chi connectivity index (χ3v) is 5.22. The van der Waals surface area contributed by atoms with Crippen molar-refractivity contribution in [1.82, 2.24) is 4.98 Å². The van der Waals surface area contributed by atoms with E-state index < -0.39 is 0 Å². The highest BCUT2D eigenvalue weighted by Crippen LogP contribution is 2.55. The summed E-state index contributed by atoms with van der Waals surface area (Å²) in [5, 5.41) is 0.915. The molecule has 2 heterocycles. The van der Waals surface area contributed by atoms with Gasteiger partial charge in [0.2, 0.25) is 0 Å². The van der Waals surface area contributed by atoms with E-state index in [0.29, 0.717) is 5.92 Å². The fourth-order valence-electron chi connectivity index (χ4n) is 3.17. The van der Waals surface area contributed by atoms with Crippen LogP contribution in [-0.2, 0) is 5.41 Å². The Labute approximate surface area is 112 Å². The first-order valence-electron chi connectivity index (χ1n) is 6.35. The molecule has 0 saturated carbocycles. The van der Waals surface area contributed by atoms with Gasteiger partial charge < -0.3 is 5.73 Å². The van der Waals surface area contributed by atoms with Crippen LogP contribution in [0.2, 0.25) is 0 Å². The van der Waals surface area contributed by atoms with Gasteiger partial charge in [0, 0.05) is 22.1 Å². The number of pyridine rings is 1. The lowest BCUT2D eigenvalue weighted by atomic mass is 9.91. The molecular formula is C15H18N2S. The molecule has 0 amide bonds. The molecule has 2 N–H and O–H groups in total. The van der Waals surface area contributed by atoms with Crippen LogP contribution in [0.15, 0.2) is 24.4 Å². The maximum atomic E-state index is 6.25. The summed E-state index contributed by atoms with van der Waals surface area (Å²) in [6.45, 7) is 6.92.